The van der Waals surface area contributed by atoms with Gasteiger partial charge >= 0.3 is 5.97 Å². The molecule has 0 saturated carbocycles. The van der Waals surface area contributed by atoms with E-state index >= 15 is 0 Å². The number of benzene rings is 2. The highest BCUT2D eigenvalue weighted by atomic mass is 32.2. The molecule has 1 aliphatic rings. The predicted octanol–water partition coefficient (Wildman–Crippen LogP) is 1.74. The van der Waals surface area contributed by atoms with E-state index in [9.17, 15) is 23.1 Å². The minimum atomic E-state index is -4.22. The molecule has 2 aromatic carbocycles. The Morgan fingerprint density at radius 2 is 1.76 bits per heavy atom. The zero-order chi connectivity index (χ0) is 21.2. The molecule has 0 spiro atoms. The molecular weight excluding hydrogens is 396 g/mol. The van der Waals surface area contributed by atoms with E-state index in [0.717, 1.165) is 4.31 Å². The molecule has 0 radical (unpaired) electrons. The van der Waals surface area contributed by atoms with Gasteiger partial charge in [-0.1, -0.05) is 36.4 Å². The highest BCUT2D eigenvalue weighted by Crippen LogP contribution is 2.38. The molecule has 1 amide bonds. The third-order valence-corrected chi connectivity index (χ3v) is 6.80. The first kappa shape index (κ1) is 20.8. The van der Waals surface area contributed by atoms with Gasteiger partial charge in [-0.2, -0.15) is 4.31 Å². The second kappa shape index (κ2) is 8.22. The van der Waals surface area contributed by atoms with Crippen LogP contribution in [-0.4, -0.2) is 60.8 Å². The normalized spacial score (nSPS) is 20.5. The lowest BCUT2D eigenvalue weighted by atomic mass is 9.94. The van der Waals surface area contributed by atoms with Crippen molar-refractivity contribution in [2.75, 3.05) is 20.2 Å². The first-order valence-electron chi connectivity index (χ1n) is 9.05. The number of para-hydroxylation sites is 1. The van der Waals surface area contributed by atoms with Crippen LogP contribution >= 0.6 is 0 Å². The molecule has 0 bridgehead atoms. The zero-order valence-electron chi connectivity index (χ0n) is 16.1. The van der Waals surface area contributed by atoms with E-state index in [1.807, 2.05) is 0 Å². The van der Waals surface area contributed by atoms with Gasteiger partial charge < -0.3 is 14.7 Å². The van der Waals surface area contributed by atoms with Crippen molar-refractivity contribution in [3.05, 3.63) is 60.2 Å². The molecule has 29 heavy (non-hydrogen) atoms. The van der Waals surface area contributed by atoms with Crippen LogP contribution in [0.5, 0.6) is 5.75 Å². The molecule has 9 heteroatoms. The summed E-state index contributed by atoms with van der Waals surface area (Å²) in [5, 5.41) is 10.0. The third-order valence-electron chi connectivity index (χ3n) is 4.96. The van der Waals surface area contributed by atoms with Gasteiger partial charge in [0.2, 0.25) is 15.9 Å². The van der Waals surface area contributed by atoms with E-state index in [1.165, 1.54) is 24.1 Å². The molecule has 0 aliphatic carbocycles. The van der Waals surface area contributed by atoms with Gasteiger partial charge in [0.1, 0.15) is 11.8 Å². The predicted molar refractivity (Wildman–Crippen MR) is 105 cm³/mol. The Morgan fingerprint density at radius 3 is 2.34 bits per heavy atom. The van der Waals surface area contributed by atoms with Crippen LogP contribution in [0.4, 0.5) is 0 Å². The maximum Gasteiger partial charge on any atom is 0.324 e. The number of methoxy groups -OCH3 is 1. The van der Waals surface area contributed by atoms with Crippen molar-refractivity contribution >= 4 is 21.9 Å². The maximum atomic E-state index is 13.2. The molecule has 1 saturated heterocycles. The van der Waals surface area contributed by atoms with Crippen LogP contribution in [0.15, 0.2) is 59.5 Å². The van der Waals surface area contributed by atoms with Gasteiger partial charge in [-0.15, -0.1) is 0 Å². The van der Waals surface area contributed by atoms with Crippen LogP contribution in [0, 0.1) is 0 Å². The molecular formula is C20H22N2O6S. The number of carboxylic acid groups (broad SMARTS) is 1. The van der Waals surface area contributed by atoms with Gasteiger partial charge in [-0.3, -0.25) is 9.59 Å². The lowest BCUT2D eigenvalue weighted by Crippen LogP contribution is -2.61. The van der Waals surface area contributed by atoms with Gasteiger partial charge in [0.15, 0.2) is 0 Å². The lowest BCUT2D eigenvalue weighted by Gasteiger charge is -2.44. The van der Waals surface area contributed by atoms with Crippen molar-refractivity contribution in [3.63, 3.8) is 0 Å². The minimum absolute atomic E-state index is 0.0669. The number of ether oxygens (including phenoxy) is 1. The Kier molecular flexibility index (Phi) is 5.90. The van der Waals surface area contributed by atoms with Gasteiger partial charge in [0.25, 0.3) is 0 Å². The summed E-state index contributed by atoms with van der Waals surface area (Å²) in [5.74, 6) is -1.43. The fraction of sp³-hybridized carbons (Fsp3) is 0.300. The number of amides is 1. The lowest BCUT2D eigenvalue weighted by molar-refractivity contribution is -0.152. The second-order valence-electron chi connectivity index (χ2n) is 6.51. The molecule has 1 N–H and O–H groups in total. The Labute approximate surface area is 169 Å². The number of rotatable bonds is 6. The quantitative estimate of drug-likeness (QED) is 0.766. The summed E-state index contributed by atoms with van der Waals surface area (Å²) in [5.41, 5.74) is 0.436. The number of likely N-dealkylation sites (N-methyl/N-ethyl adjacent to an activating group) is 1. The third kappa shape index (κ3) is 3.70. The van der Waals surface area contributed by atoms with E-state index in [-0.39, 0.29) is 11.4 Å². The van der Waals surface area contributed by atoms with Crippen LogP contribution in [0.2, 0.25) is 0 Å². The summed E-state index contributed by atoms with van der Waals surface area (Å²) in [6.45, 7) is 1.40. The number of aliphatic carboxylic acids is 1. The number of carboxylic acids is 1. The number of sulfonamides is 1. The van der Waals surface area contributed by atoms with E-state index in [1.54, 1.807) is 49.4 Å². The van der Waals surface area contributed by atoms with Crippen LogP contribution < -0.4 is 4.74 Å². The van der Waals surface area contributed by atoms with Gasteiger partial charge in [-0.05, 0) is 25.1 Å². The smallest absolute Gasteiger partial charge is 0.324 e. The average Bonchev–Trinajstić information content (AvgIpc) is 2.73. The van der Waals surface area contributed by atoms with E-state index < -0.39 is 40.5 Å². The van der Waals surface area contributed by atoms with E-state index in [2.05, 4.69) is 0 Å². The minimum Gasteiger partial charge on any atom is -0.496 e. The van der Waals surface area contributed by atoms with E-state index in [4.69, 9.17) is 4.74 Å². The number of carbonyl (C=O) groups is 2. The van der Waals surface area contributed by atoms with Crippen molar-refractivity contribution < 1.29 is 27.9 Å². The van der Waals surface area contributed by atoms with Gasteiger partial charge in [-0.25, -0.2) is 8.42 Å². The van der Waals surface area contributed by atoms with Crippen molar-refractivity contribution in [2.45, 2.75) is 23.9 Å². The molecule has 1 heterocycles. The van der Waals surface area contributed by atoms with Crippen LogP contribution in [0.1, 0.15) is 18.5 Å². The van der Waals surface area contributed by atoms with Crippen molar-refractivity contribution in [3.8, 4) is 5.75 Å². The molecule has 1 fully saturated rings. The summed E-state index contributed by atoms with van der Waals surface area (Å²) in [4.78, 5) is 26.5. The first-order valence-corrected chi connectivity index (χ1v) is 10.5. The van der Waals surface area contributed by atoms with Crippen molar-refractivity contribution in [2.24, 2.45) is 0 Å². The molecule has 154 valence electrons. The summed E-state index contributed by atoms with van der Waals surface area (Å²) >= 11 is 0. The Bertz CT molecular complexity index is 1010. The Balaban J connectivity index is 2.20. The van der Waals surface area contributed by atoms with Crippen LogP contribution in [0.3, 0.4) is 0 Å². The zero-order valence-corrected chi connectivity index (χ0v) is 16.9. The summed E-state index contributed by atoms with van der Waals surface area (Å²) in [7, 11) is -2.78. The molecule has 0 aromatic heterocycles. The first-order chi connectivity index (χ1) is 13.8. The fourth-order valence-electron chi connectivity index (χ4n) is 3.65. The topological polar surface area (TPSA) is 104 Å². The number of nitrogens with zero attached hydrogens (tertiary/aromatic N) is 2. The monoisotopic (exact) mass is 418 g/mol. The van der Waals surface area contributed by atoms with Gasteiger partial charge in [0.05, 0.1) is 24.6 Å². The molecule has 8 nitrogen and oxygen atoms in total. The largest absolute Gasteiger partial charge is 0.496 e. The molecule has 2 unspecified atom stereocenters. The van der Waals surface area contributed by atoms with Crippen LogP contribution in [0.25, 0.3) is 0 Å². The molecule has 3 rings (SSSR count). The summed E-state index contributed by atoms with van der Waals surface area (Å²) < 4.78 is 32.6. The summed E-state index contributed by atoms with van der Waals surface area (Å²) in [6.07, 6.45) is 0. The molecule has 1 aliphatic heterocycles. The van der Waals surface area contributed by atoms with Crippen molar-refractivity contribution in [1.29, 1.82) is 0 Å². The van der Waals surface area contributed by atoms with Crippen LogP contribution in [-0.2, 0) is 19.6 Å². The Morgan fingerprint density at radius 1 is 1.14 bits per heavy atom. The number of hydrogen-bond donors (Lipinski definition) is 1. The second-order valence-corrected chi connectivity index (χ2v) is 8.40. The average molecular weight is 418 g/mol. The molecule has 2 atom stereocenters. The van der Waals surface area contributed by atoms with Crippen molar-refractivity contribution in [1.82, 2.24) is 9.21 Å². The summed E-state index contributed by atoms with van der Waals surface area (Å²) in [6, 6.07) is 11.7. The Hall–Kier alpha value is -2.91. The van der Waals surface area contributed by atoms with E-state index in [0.29, 0.717) is 11.3 Å². The number of hydrogen-bond acceptors (Lipinski definition) is 5. The standard InChI is InChI=1S/C20H22N2O6S/c1-3-21-17(23)13-22(29(26,27)14-9-5-4-6-10-14)19(20(24)25)18(21)15-11-7-8-12-16(15)28-2/h4-12,18-19H,3,13H2,1-2H3,(H,24,25). The maximum absolute atomic E-state index is 13.2. The fourth-order valence-corrected chi connectivity index (χ4v) is 5.20. The number of piperazine rings is 1. The number of carbonyl (C=O) groups excluding carboxylic acids is 1. The SMILES string of the molecule is CCN1C(=O)CN(S(=O)(=O)c2ccccc2)C(C(=O)O)C1c1ccccc1OC. The van der Waals surface area contributed by atoms with Gasteiger partial charge in [0, 0.05) is 12.1 Å². The highest BCUT2D eigenvalue weighted by molar-refractivity contribution is 7.89. The highest BCUT2D eigenvalue weighted by Gasteiger charge is 2.50. The molecule has 2 aromatic rings.